The number of halogens is 1. The van der Waals surface area contributed by atoms with Gasteiger partial charge >= 0.3 is 0 Å². The summed E-state index contributed by atoms with van der Waals surface area (Å²) in [4.78, 5) is 0. The van der Waals surface area contributed by atoms with Crippen LogP contribution in [-0.4, -0.2) is 15.0 Å². The van der Waals surface area contributed by atoms with Crippen molar-refractivity contribution in [1.82, 2.24) is 15.0 Å². The van der Waals surface area contributed by atoms with E-state index in [1.165, 1.54) is 12.1 Å². The Labute approximate surface area is 109 Å². The molecule has 3 aromatic rings. The molecule has 5 heteroatoms. The first-order valence-corrected chi connectivity index (χ1v) is 6.02. The first-order chi connectivity index (χ1) is 9.16. The van der Waals surface area contributed by atoms with E-state index in [2.05, 4.69) is 10.3 Å². The highest BCUT2D eigenvalue weighted by atomic mass is 19.1. The molecule has 1 unspecified atom stereocenters. The smallest absolute Gasteiger partial charge is 0.123 e. The van der Waals surface area contributed by atoms with Gasteiger partial charge in [-0.15, -0.1) is 5.10 Å². The molecule has 1 aromatic heterocycles. The lowest BCUT2D eigenvalue weighted by Gasteiger charge is -2.12. The fraction of sp³-hybridized carbons (Fsp3) is 0.143. The van der Waals surface area contributed by atoms with Gasteiger partial charge in [-0.2, -0.15) is 0 Å². The lowest BCUT2D eigenvalue weighted by molar-refractivity contribution is 0.620. The third-order valence-electron chi connectivity index (χ3n) is 3.06. The summed E-state index contributed by atoms with van der Waals surface area (Å²) in [6.45, 7) is 1.82. The molecule has 0 fully saturated rings. The van der Waals surface area contributed by atoms with Gasteiger partial charge in [0.15, 0.2) is 0 Å². The Morgan fingerprint density at radius 1 is 1.21 bits per heavy atom. The monoisotopic (exact) mass is 256 g/mol. The van der Waals surface area contributed by atoms with E-state index in [1.54, 1.807) is 10.7 Å². The highest BCUT2D eigenvalue weighted by Crippen LogP contribution is 2.23. The Kier molecular flexibility index (Phi) is 2.76. The molecule has 19 heavy (non-hydrogen) atoms. The van der Waals surface area contributed by atoms with E-state index in [0.29, 0.717) is 5.56 Å². The quantitative estimate of drug-likeness (QED) is 0.766. The van der Waals surface area contributed by atoms with Crippen molar-refractivity contribution in [2.75, 3.05) is 0 Å². The summed E-state index contributed by atoms with van der Waals surface area (Å²) in [6, 6.07) is 11.9. The van der Waals surface area contributed by atoms with Gasteiger partial charge in [-0.05, 0) is 42.8 Å². The largest absolute Gasteiger partial charge is 0.324 e. The van der Waals surface area contributed by atoms with Crippen LogP contribution < -0.4 is 5.73 Å². The standard InChI is InChI=1S/C14H13FN4/c1-9(16)11-8-10(15)6-7-13(11)19-14-5-3-2-4-12(14)17-18-19/h2-9H,16H2,1H3. The summed E-state index contributed by atoms with van der Waals surface area (Å²) in [5.41, 5.74) is 9.03. The van der Waals surface area contributed by atoms with Crippen LogP contribution in [0, 0.1) is 5.82 Å². The minimum Gasteiger partial charge on any atom is -0.324 e. The normalized spacial score (nSPS) is 12.8. The SMILES string of the molecule is CC(N)c1cc(F)ccc1-n1nnc2ccccc21. The average molecular weight is 256 g/mol. The Morgan fingerprint density at radius 3 is 2.79 bits per heavy atom. The van der Waals surface area contributed by atoms with Crippen molar-refractivity contribution in [3.05, 3.63) is 53.8 Å². The Morgan fingerprint density at radius 2 is 2.00 bits per heavy atom. The van der Waals surface area contributed by atoms with Crippen LogP contribution in [0.3, 0.4) is 0 Å². The molecule has 0 aliphatic heterocycles. The van der Waals surface area contributed by atoms with Gasteiger partial charge in [0, 0.05) is 6.04 Å². The predicted molar refractivity (Wildman–Crippen MR) is 71.4 cm³/mol. The number of para-hydroxylation sites is 1. The average Bonchev–Trinajstić information content (AvgIpc) is 2.82. The van der Waals surface area contributed by atoms with E-state index in [9.17, 15) is 4.39 Å². The van der Waals surface area contributed by atoms with Crippen molar-refractivity contribution in [1.29, 1.82) is 0 Å². The van der Waals surface area contributed by atoms with Gasteiger partial charge in [-0.3, -0.25) is 0 Å². The first-order valence-electron chi connectivity index (χ1n) is 6.02. The summed E-state index contributed by atoms with van der Waals surface area (Å²) in [5, 5.41) is 8.22. The van der Waals surface area contributed by atoms with Crippen LogP contribution in [0.15, 0.2) is 42.5 Å². The Hall–Kier alpha value is -2.27. The maximum absolute atomic E-state index is 13.4. The molecule has 3 rings (SSSR count). The molecule has 0 saturated carbocycles. The van der Waals surface area contributed by atoms with Crippen LogP contribution in [0.25, 0.3) is 16.7 Å². The molecule has 4 nitrogen and oxygen atoms in total. The van der Waals surface area contributed by atoms with Crippen LogP contribution in [-0.2, 0) is 0 Å². The lowest BCUT2D eigenvalue weighted by atomic mass is 10.1. The van der Waals surface area contributed by atoms with Gasteiger partial charge < -0.3 is 5.73 Å². The van der Waals surface area contributed by atoms with Crippen molar-refractivity contribution < 1.29 is 4.39 Å². The molecule has 0 bridgehead atoms. The summed E-state index contributed by atoms with van der Waals surface area (Å²) in [6.07, 6.45) is 0. The third-order valence-corrected chi connectivity index (χ3v) is 3.06. The molecule has 1 atom stereocenters. The van der Waals surface area contributed by atoms with Crippen LogP contribution >= 0.6 is 0 Å². The maximum atomic E-state index is 13.4. The van der Waals surface area contributed by atoms with Gasteiger partial charge in [0.05, 0.1) is 11.2 Å². The molecule has 0 radical (unpaired) electrons. The number of nitrogens with two attached hydrogens (primary N) is 1. The molecule has 0 aliphatic carbocycles. The van der Waals surface area contributed by atoms with Crippen LogP contribution in [0.2, 0.25) is 0 Å². The van der Waals surface area contributed by atoms with Crippen LogP contribution in [0.1, 0.15) is 18.5 Å². The Balaban J connectivity index is 2.27. The van der Waals surface area contributed by atoms with E-state index >= 15 is 0 Å². The highest BCUT2D eigenvalue weighted by Gasteiger charge is 2.13. The van der Waals surface area contributed by atoms with Crippen molar-refractivity contribution in [2.45, 2.75) is 13.0 Å². The van der Waals surface area contributed by atoms with Gasteiger partial charge in [-0.1, -0.05) is 17.3 Å². The third kappa shape index (κ3) is 1.98. The van der Waals surface area contributed by atoms with E-state index in [-0.39, 0.29) is 11.9 Å². The summed E-state index contributed by atoms with van der Waals surface area (Å²) >= 11 is 0. The number of aromatic nitrogens is 3. The predicted octanol–water partition coefficient (Wildman–Crippen LogP) is 2.58. The fourth-order valence-corrected chi connectivity index (χ4v) is 2.13. The topological polar surface area (TPSA) is 56.7 Å². The second-order valence-corrected chi connectivity index (χ2v) is 4.48. The summed E-state index contributed by atoms with van der Waals surface area (Å²) in [5.74, 6) is -0.305. The number of benzene rings is 2. The molecular formula is C14H13FN4. The van der Waals surface area contributed by atoms with Crippen LogP contribution in [0.4, 0.5) is 4.39 Å². The van der Waals surface area contributed by atoms with Crippen molar-refractivity contribution in [2.24, 2.45) is 5.73 Å². The molecular weight excluding hydrogens is 243 g/mol. The Bertz CT molecular complexity index is 733. The first kappa shape index (κ1) is 11.8. The van der Waals surface area contributed by atoms with Gasteiger partial charge in [0.2, 0.25) is 0 Å². The van der Waals surface area contributed by atoms with Crippen molar-refractivity contribution in [3.63, 3.8) is 0 Å². The minimum atomic E-state index is -0.305. The molecule has 0 saturated heterocycles. The molecule has 1 heterocycles. The number of hydrogen-bond donors (Lipinski definition) is 1. The van der Waals surface area contributed by atoms with E-state index in [1.807, 2.05) is 31.2 Å². The number of fused-ring (bicyclic) bond motifs is 1. The van der Waals surface area contributed by atoms with E-state index in [4.69, 9.17) is 5.73 Å². The zero-order valence-electron chi connectivity index (χ0n) is 10.4. The van der Waals surface area contributed by atoms with Crippen LogP contribution in [0.5, 0.6) is 0 Å². The highest BCUT2D eigenvalue weighted by molar-refractivity contribution is 5.76. The van der Waals surface area contributed by atoms with E-state index in [0.717, 1.165) is 16.7 Å². The maximum Gasteiger partial charge on any atom is 0.123 e. The minimum absolute atomic E-state index is 0.284. The van der Waals surface area contributed by atoms with Crippen molar-refractivity contribution >= 4 is 11.0 Å². The molecule has 2 aromatic carbocycles. The number of nitrogens with zero attached hydrogens (tertiary/aromatic N) is 3. The summed E-state index contributed by atoms with van der Waals surface area (Å²) in [7, 11) is 0. The molecule has 96 valence electrons. The van der Waals surface area contributed by atoms with E-state index < -0.39 is 0 Å². The van der Waals surface area contributed by atoms with Gasteiger partial charge in [0.25, 0.3) is 0 Å². The second kappa shape index (κ2) is 4.44. The molecule has 0 spiro atoms. The zero-order valence-corrected chi connectivity index (χ0v) is 10.4. The summed E-state index contributed by atoms with van der Waals surface area (Å²) < 4.78 is 15.1. The number of rotatable bonds is 2. The van der Waals surface area contributed by atoms with Gasteiger partial charge in [-0.25, -0.2) is 9.07 Å². The fourth-order valence-electron chi connectivity index (χ4n) is 2.13. The zero-order chi connectivity index (χ0) is 13.4. The van der Waals surface area contributed by atoms with Gasteiger partial charge in [0.1, 0.15) is 11.3 Å². The molecule has 2 N–H and O–H groups in total. The molecule has 0 aliphatic rings. The molecule has 0 amide bonds. The number of hydrogen-bond acceptors (Lipinski definition) is 3. The second-order valence-electron chi connectivity index (χ2n) is 4.48. The lowest BCUT2D eigenvalue weighted by Crippen LogP contribution is -2.11. The van der Waals surface area contributed by atoms with Crippen molar-refractivity contribution in [3.8, 4) is 5.69 Å².